The number of hydrogen-bond acceptors (Lipinski definition) is 5. The third kappa shape index (κ3) is 5.57. The zero-order chi connectivity index (χ0) is 22.6. The van der Waals surface area contributed by atoms with Gasteiger partial charge in [-0.25, -0.2) is 4.98 Å². The number of nitrogens with zero attached hydrogens (tertiary/aromatic N) is 2. The van der Waals surface area contributed by atoms with Crippen LogP contribution in [-0.4, -0.2) is 28.0 Å². The normalized spacial score (nSPS) is 11.4. The number of anilines is 1. The van der Waals surface area contributed by atoms with E-state index >= 15 is 0 Å². The minimum atomic E-state index is -0.527. The van der Waals surface area contributed by atoms with Crippen molar-refractivity contribution in [1.82, 2.24) is 9.55 Å². The van der Waals surface area contributed by atoms with Crippen molar-refractivity contribution in [2.45, 2.75) is 39.0 Å². The Hall–Kier alpha value is -3.48. The first-order chi connectivity index (χ1) is 14.6. The highest BCUT2D eigenvalue weighted by atomic mass is 16.5. The summed E-state index contributed by atoms with van der Waals surface area (Å²) in [6.07, 6.45) is 0.261. The van der Waals surface area contributed by atoms with Crippen LogP contribution in [0.4, 0.5) is 5.69 Å². The first-order valence-electron chi connectivity index (χ1n) is 10.2. The van der Waals surface area contributed by atoms with Crippen LogP contribution in [0.1, 0.15) is 38.6 Å². The summed E-state index contributed by atoms with van der Waals surface area (Å²) in [5.41, 5.74) is 2.26. The second kappa shape index (κ2) is 9.12. The maximum absolute atomic E-state index is 12.4. The molecule has 7 heteroatoms. The molecule has 1 aromatic heterocycles. The summed E-state index contributed by atoms with van der Waals surface area (Å²) in [4.78, 5) is 41.0. The van der Waals surface area contributed by atoms with Crippen molar-refractivity contribution >= 4 is 28.5 Å². The number of fused-ring (bicyclic) bond motifs is 1. The molecular weight excluding hydrogens is 394 g/mol. The Balaban J connectivity index is 1.51. The molecule has 0 bridgehead atoms. The molecule has 0 aliphatic rings. The summed E-state index contributed by atoms with van der Waals surface area (Å²) in [7, 11) is 1.63. The zero-order valence-electron chi connectivity index (χ0n) is 18.3. The third-order valence-electron chi connectivity index (χ3n) is 5.03. The Morgan fingerprint density at radius 2 is 1.74 bits per heavy atom. The number of amides is 1. The van der Waals surface area contributed by atoms with Gasteiger partial charge in [0.1, 0.15) is 5.82 Å². The van der Waals surface area contributed by atoms with Gasteiger partial charge in [-0.05, 0) is 35.2 Å². The number of aromatic nitrogens is 2. The maximum Gasteiger partial charge on any atom is 0.306 e. The number of carbonyl (C=O) groups excluding carboxylic acids is 2. The lowest BCUT2D eigenvalue weighted by Crippen LogP contribution is -2.24. The lowest BCUT2D eigenvalue weighted by atomic mass is 9.87. The number of para-hydroxylation sites is 1. The molecule has 0 radical (unpaired) electrons. The predicted octanol–water partition coefficient (Wildman–Crippen LogP) is 3.35. The second-order valence-corrected chi connectivity index (χ2v) is 8.45. The molecule has 1 amide bonds. The number of nitrogens with one attached hydrogen (secondary N) is 1. The highest BCUT2D eigenvalue weighted by Gasteiger charge is 2.14. The molecule has 31 heavy (non-hydrogen) atoms. The van der Waals surface area contributed by atoms with Crippen LogP contribution in [0.5, 0.6) is 0 Å². The fraction of sp³-hybridized carbons (Fsp3) is 0.333. The summed E-state index contributed by atoms with van der Waals surface area (Å²) >= 11 is 0. The van der Waals surface area contributed by atoms with Gasteiger partial charge in [-0.15, -0.1) is 0 Å². The zero-order valence-corrected chi connectivity index (χ0v) is 18.3. The Labute approximate surface area is 181 Å². The summed E-state index contributed by atoms with van der Waals surface area (Å²) in [6.45, 7) is 5.98. The smallest absolute Gasteiger partial charge is 0.306 e. The van der Waals surface area contributed by atoms with Gasteiger partial charge in [0, 0.05) is 19.2 Å². The van der Waals surface area contributed by atoms with Gasteiger partial charge in [-0.2, -0.15) is 0 Å². The molecule has 0 fully saturated rings. The maximum atomic E-state index is 12.4. The summed E-state index contributed by atoms with van der Waals surface area (Å²) in [6, 6.07) is 14.6. The Morgan fingerprint density at radius 3 is 2.42 bits per heavy atom. The number of carbonyl (C=O) groups is 2. The SMILES string of the molecule is Cn1c(CCC(=O)OCC(=O)Nc2ccc(C(C)(C)C)cc2)nc2ccccc2c1=O. The number of hydrogen-bond donors (Lipinski definition) is 1. The highest BCUT2D eigenvalue weighted by Crippen LogP contribution is 2.23. The summed E-state index contributed by atoms with van der Waals surface area (Å²) in [5.74, 6) is -0.447. The first-order valence-corrected chi connectivity index (χ1v) is 10.2. The van der Waals surface area contributed by atoms with E-state index in [4.69, 9.17) is 4.74 Å². The van der Waals surface area contributed by atoms with Crippen molar-refractivity contribution in [3.05, 3.63) is 70.3 Å². The average molecular weight is 421 g/mol. The van der Waals surface area contributed by atoms with Crippen LogP contribution in [0.25, 0.3) is 10.9 Å². The van der Waals surface area contributed by atoms with Crippen molar-refractivity contribution in [2.75, 3.05) is 11.9 Å². The van der Waals surface area contributed by atoms with Gasteiger partial charge in [0.2, 0.25) is 0 Å². The fourth-order valence-electron chi connectivity index (χ4n) is 3.17. The predicted molar refractivity (Wildman–Crippen MR) is 120 cm³/mol. The van der Waals surface area contributed by atoms with Crippen molar-refractivity contribution in [1.29, 1.82) is 0 Å². The van der Waals surface area contributed by atoms with Crippen molar-refractivity contribution in [3.8, 4) is 0 Å². The van der Waals surface area contributed by atoms with Gasteiger partial charge < -0.3 is 10.1 Å². The summed E-state index contributed by atoms with van der Waals surface area (Å²) < 4.78 is 6.50. The topological polar surface area (TPSA) is 90.3 Å². The van der Waals surface area contributed by atoms with E-state index in [1.807, 2.05) is 30.3 Å². The molecular formula is C24H27N3O4. The number of rotatable bonds is 6. The standard InChI is InChI=1S/C24H27N3O4/c1-24(2,3)16-9-11-17(12-10-16)25-21(28)15-31-22(29)14-13-20-26-19-8-6-5-7-18(19)23(30)27(20)4/h5-12H,13-15H2,1-4H3,(H,25,28). The Morgan fingerprint density at radius 1 is 1.06 bits per heavy atom. The van der Waals surface area contributed by atoms with Gasteiger partial charge >= 0.3 is 5.97 Å². The van der Waals surface area contributed by atoms with Crippen LogP contribution in [0.2, 0.25) is 0 Å². The largest absolute Gasteiger partial charge is 0.456 e. The molecule has 0 spiro atoms. The molecule has 1 N–H and O–H groups in total. The van der Waals surface area contributed by atoms with Crippen LogP contribution < -0.4 is 10.9 Å². The van der Waals surface area contributed by atoms with E-state index in [9.17, 15) is 14.4 Å². The second-order valence-electron chi connectivity index (χ2n) is 8.45. The van der Waals surface area contributed by atoms with Crippen LogP contribution in [0.15, 0.2) is 53.3 Å². The molecule has 0 saturated heterocycles. The monoisotopic (exact) mass is 421 g/mol. The minimum absolute atomic E-state index is 0.0200. The van der Waals surface area contributed by atoms with Gasteiger partial charge in [0.05, 0.1) is 17.3 Å². The molecule has 7 nitrogen and oxygen atoms in total. The van der Waals surface area contributed by atoms with Crippen molar-refractivity contribution in [2.24, 2.45) is 7.05 Å². The van der Waals surface area contributed by atoms with Gasteiger partial charge in [-0.3, -0.25) is 19.0 Å². The van der Waals surface area contributed by atoms with Gasteiger partial charge in [0.25, 0.3) is 11.5 Å². The van der Waals surface area contributed by atoms with Gasteiger partial charge in [0.15, 0.2) is 6.61 Å². The molecule has 0 unspecified atom stereocenters. The van der Waals surface area contributed by atoms with E-state index < -0.39 is 11.9 Å². The van der Waals surface area contributed by atoms with Crippen molar-refractivity contribution in [3.63, 3.8) is 0 Å². The molecule has 2 aromatic carbocycles. The molecule has 0 atom stereocenters. The van der Waals surface area contributed by atoms with Crippen LogP contribution in [0, 0.1) is 0 Å². The van der Waals surface area contributed by atoms with E-state index in [0.717, 1.165) is 5.56 Å². The van der Waals surface area contributed by atoms with E-state index in [2.05, 4.69) is 31.1 Å². The molecule has 3 aromatic rings. The fourth-order valence-corrected chi connectivity index (χ4v) is 3.17. The lowest BCUT2D eigenvalue weighted by Gasteiger charge is -2.19. The highest BCUT2D eigenvalue weighted by molar-refractivity contribution is 5.92. The Bertz CT molecular complexity index is 1160. The average Bonchev–Trinajstić information content (AvgIpc) is 2.73. The molecule has 1 heterocycles. The number of benzene rings is 2. The van der Waals surface area contributed by atoms with Crippen LogP contribution in [-0.2, 0) is 33.2 Å². The van der Waals surface area contributed by atoms with Crippen molar-refractivity contribution < 1.29 is 14.3 Å². The first kappa shape index (κ1) is 22.2. The van der Waals surface area contributed by atoms with E-state index in [-0.39, 0.29) is 30.4 Å². The van der Waals surface area contributed by atoms with E-state index in [0.29, 0.717) is 22.4 Å². The molecule has 0 saturated carbocycles. The number of aryl methyl sites for hydroxylation is 1. The van der Waals surface area contributed by atoms with Crippen LogP contribution >= 0.6 is 0 Å². The number of ether oxygens (including phenoxy) is 1. The quantitative estimate of drug-likeness (QED) is 0.617. The van der Waals surface area contributed by atoms with Gasteiger partial charge in [-0.1, -0.05) is 45.0 Å². The van der Waals surface area contributed by atoms with Crippen LogP contribution in [0.3, 0.4) is 0 Å². The lowest BCUT2D eigenvalue weighted by molar-refractivity contribution is -0.147. The third-order valence-corrected chi connectivity index (χ3v) is 5.03. The Kier molecular flexibility index (Phi) is 6.53. The molecule has 0 aliphatic carbocycles. The molecule has 3 rings (SSSR count). The minimum Gasteiger partial charge on any atom is -0.456 e. The summed E-state index contributed by atoms with van der Waals surface area (Å²) in [5, 5.41) is 3.24. The molecule has 0 aliphatic heterocycles. The van der Waals surface area contributed by atoms with E-state index in [1.54, 1.807) is 25.2 Å². The van der Waals surface area contributed by atoms with E-state index in [1.165, 1.54) is 4.57 Å². The molecule has 162 valence electrons. The number of esters is 1.